The van der Waals surface area contributed by atoms with Crippen LogP contribution in [0, 0.1) is 6.92 Å². The van der Waals surface area contributed by atoms with Crippen molar-refractivity contribution in [3.8, 4) is 5.75 Å². The number of ether oxygens (including phenoxy) is 2. The number of sulfonamides is 1. The molecule has 0 aliphatic carbocycles. The highest BCUT2D eigenvalue weighted by atomic mass is 32.2. The first-order valence-corrected chi connectivity index (χ1v) is 10.4. The van der Waals surface area contributed by atoms with Crippen molar-refractivity contribution < 1.29 is 27.5 Å². The van der Waals surface area contributed by atoms with E-state index in [-0.39, 0.29) is 10.5 Å². The van der Waals surface area contributed by atoms with Crippen LogP contribution in [0.25, 0.3) is 0 Å². The number of primary sulfonamides is 1. The van der Waals surface area contributed by atoms with Gasteiger partial charge in [-0.25, -0.2) is 18.4 Å². The Kier molecular flexibility index (Phi) is 7.35. The number of rotatable bonds is 8. The predicted octanol–water partition coefficient (Wildman–Crippen LogP) is 1.56. The van der Waals surface area contributed by atoms with Crippen LogP contribution >= 0.6 is 0 Å². The molecule has 0 bridgehead atoms. The van der Waals surface area contributed by atoms with Crippen molar-refractivity contribution >= 4 is 21.9 Å². The van der Waals surface area contributed by atoms with E-state index in [9.17, 15) is 18.0 Å². The predicted molar refractivity (Wildman–Crippen MR) is 107 cm³/mol. The fourth-order valence-corrected chi connectivity index (χ4v) is 3.08. The van der Waals surface area contributed by atoms with Gasteiger partial charge in [0.1, 0.15) is 5.75 Å². The minimum atomic E-state index is -3.96. The van der Waals surface area contributed by atoms with Crippen LogP contribution in [-0.4, -0.2) is 40.1 Å². The lowest BCUT2D eigenvalue weighted by atomic mass is 10.1. The number of esters is 1. The molecular weight excluding hydrogens is 396 g/mol. The summed E-state index contributed by atoms with van der Waals surface area (Å²) in [5.41, 5.74) is 1.56. The first-order chi connectivity index (χ1) is 13.6. The standard InChI is InChI=1S/C20H24N2O6S/c1-13-4-9-17(29(21,25)26)12-18(13)20(24)28-14(2)19(23)22-11-10-15-5-7-16(27-3)8-6-15/h4-9,12,14H,10-11H2,1-3H3,(H,22,23)(H2,21,25,26). The average molecular weight is 420 g/mol. The maximum absolute atomic E-state index is 12.4. The van der Waals surface area contributed by atoms with Crippen LogP contribution in [0.4, 0.5) is 0 Å². The Morgan fingerprint density at radius 1 is 1.14 bits per heavy atom. The lowest BCUT2D eigenvalue weighted by Gasteiger charge is -2.15. The van der Waals surface area contributed by atoms with Crippen molar-refractivity contribution in [1.82, 2.24) is 5.32 Å². The highest BCUT2D eigenvalue weighted by molar-refractivity contribution is 7.89. The molecular formula is C20H24N2O6S. The van der Waals surface area contributed by atoms with E-state index in [1.807, 2.05) is 24.3 Å². The summed E-state index contributed by atoms with van der Waals surface area (Å²) in [5, 5.41) is 7.80. The zero-order valence-corrected chi connectivity index (χ0v) is 17.3. The molecule has 1 unspecified atom stereocenters. The third-order valence-electron chi connectivity index (χ3n) is 4.28. The zero-order chi connectivity index (χ0) is 21.6. The summed E-state index contributed by atoms with van der Waals surface area (Å²) in [6.45, 7) is 3.44. The van der Waals surface area contributed by atoms with Crippen molar-refractivity contribution in [2.45, 2.75) is 31.3 Å². The van der Waals surface area contributed by atoms with Gasteiger partial charge in [-0.1, -0.05) is 18.2 Å². The van der Waals surface area contributed by atoms with Crippen LogP contribution in [0.2, 0.25) is 0 Å². The van der Waals surface area contributed by atoms with Crippen LogP contribution in [0.15, 0.2) is 47.4 Å². The molecule has 0 aromatic heterocycles. The van der Waals surface area contributed by atoms with Gasteiger partial charge in [-0.2, -0.15) is 0 Å². The molecule has 2 aromatic carbocycles. The fourth-order valence-electron chi connectivity index (χ4n) is 2.54. The summed E-state index contributed by atoms with van der Waals surface area (Å²) in [6, 6.07) is 11.4. The Balaban J connectivity index is 1.92. The summed E-state index contributed by atoms with van der Waals surface area (Å²) in [4.78, 5) is 24.4. The quantitative estimate of drug-likeness (QED) is 0.625. The van der Waals surface area contributed by atoms with Gasteiger partial charge in [0, 0.05) is 6.54 Å². The van der Waals surface area contributed by atoms with Gasteiger partial charge in [0.15, 0.2) is 6.10 Å². The molecule has 3 N–H and O–H groups in total. The number of methoxy groups -OCH3 is 1. The van der Waals surface area contributed by atoms with E-state index < -0.39 is 28.0 Å². The molecule has 156 valence electrons. The lowest BCUT2D eigenvalue weighted by Crippen LogP contribution is -2.37. The number of carbonyl (C=O) groups excluding carboxylic acids is 2. The normalized spacial score (nSPS) is 12.1. The van der Waals surface area contributed by atoms with E-state index in [1.54, 1.807) is 14.0 Å². The minimum absolute atomic E-state index is 0.0365. The smallest absolute Gasteiger partial charge is 0.339 e. The van der Waals surface area contributed by atoms with Gasteiger partial charge in [-0.15, -0.1) is 0 Å². The van der Waals surface area contributed by atoms with Gasteiger partial charge < -0.3 is 14.8 Å². The number of aryl methyl sites for hydroxylation is 1. The van der Waals surface area contributed by atoms with E-state index in [4.69, 9.17) is 14.6 Å². The third-order valence-corrected chi connectivity index (χ3v) is 5.19. The van der Waals surface area contributed by atoms with Crippen molar-refractivity contribution in [2.24, 2.45) is 5.14 Å². The third kappa shape index (κ3) is 6.30. The molecule has 0 spiro atoms. The summed E-state index contributed by atoms with van der Waals surface area (Å²) < 4.78 is 33.2. The van der Waals surface area contributed by atoms with Crippen molar-refractivity contribution in [3.63, 3.8) is 0 Å². The molecule has 0 heterocycles. The highest BCUT2D eigenvalue weighted by Crippen LogP contribution is 2.16. The highest BCUT2D eigenvalue weighted by Gasteiger charge is 2.21. The molecule has 0 aliphatic heterocycles. The van der Waals surface area contributed by atoms with Crippen LogP contribution in [0.5, 0.6) is 5.75 Å². The average Bonchev–Trinajstić information content (AvgIpc) is 2.67. The van der Waals surface area contributed by atoms with Gasteiger partial charge in [0.25, 0.3) is 5.91 Å². The Hall–Kier alpha value is -2.91. The molecule has 0 fully saturated rings. The molecule has 0 saturated carbocycles. The lowest BCUT2D eigenvalue weighted by molar-refractivity contribution is -0.129. The number of amides is 1. The first kappa shape index (κ1) is 22.4. The van der Waals surface area contributed by atoms with Gasteiger partial charge in [0.2, 0.25) is 10.0 Å². The molecule has 0 radical (unpaired) electrons. The van der Waals surface area contributed by atoms with Crippen molar-refractivity contribution in [2.75, 3.05) is 13.7 Å². The molecule has 1 atom stereocenters. The molecule has 2 aromatic rings. The summed E-state index contributed by atoms with van der Waals surface area (Å²) in [7, 11) is -2.37. The van der Waals surface area contributed by atoms with E-state index in [2.05, 4.69) is 5.32 Å². The SMILES string of the molecule is COc1ccc(CCNC(=O)C(C)OC(=O)c2cc(S(N)(=O)=O)ccc2C)cc1. The van der Waals surface area contributed by atoms with E-state index >= 15 is 0 Å². The van der Waals surface area contributed by atoms with Crippen molar-refractivity contribution in [3.05, 3.63) is 59.2 Å². The van der Waals surface area contributed by atoms with E-state index in [1.165, 1.54) is 19.1 Å². The van der Waals surface area contributed by atoms with Crippen LogP contribution in [0.1, 0.15) is 28.4 Å². The summed E-state index contributed by atoms with van der Waals surface area (Å²) in [6.07, 6.45) is -0.442. The van der Waals surface area contributed by atoms with E-state index in [0.717, 1.165) is 17.4 Å². The second-order valence-corrected chi connectivity index (χ2v) is 8.02. The maximum atomic E-state index is 12.4. The Morgan fingerprint density at radius 3 is 2.38 bits per heavy atom. The van der Waals surface area contributed by atoms with E-state index in [0.29, 0.717) is 18.5 Å². The van der Waals surface area contributed by atoms with Gasteiger partial charge in [-0.05, 0) is 55.7 Å². The number of benzene rings is 2. The largest absolute Gasteiger partial charge is 0.497 e. The number of nitrogens with one attached hydrogen (secondary N) is 1. The van der Waals surface area contributed by atoms with Gasteiger partial charge >= 0.3 is 5.97 Å². The molecule has 0 saturated heterocycles. The maximum Gasteiger partial charge on any atom is 0.339 e. The Morgan fingerprint density at radius 2 is 1.79 bits per heavy atom. The molecule has 2 rings (SSSR count). The molecule has 1 amide bonds. The first-order valence-electron chi connectivity index (χ1n) is 8.87. The number of carbonyl (C=O) groups is 2. The topological polar surface area (TPSA) is 125 Å². The Bertz CT molecular complexity index is 987. The molecule has 29 heavy (non-hydrogen) atoms. The monoisotopic (exact) mass is 420 g/mol. The second kappa shape index (κ2) is 9.53. The van der Waals surface area contributed by atoms with Crippen LogP contribution < -0.4 is 15.2 Å². The van der Waals surface area contributed by atoms with Crippen molar-refractivity contribution in [1.29, 1.82) is 0 Å². The Labute approximate surface area is 170 Å². The summed E-state index contributed by atoms with van der Waals surface area (Å²) >= 11 is 0. The number of hydrogen-bond acceptors (Lipinski definition) is 6. The number of nitrogens with two attached hydrogens (primary N) is 1. The van der Waals surface area contributed by atoms with Gasteiger partial charge in [-0.3, -0.25) is 4.79 Å². The fraction of sp³-hybridized carbons (Fsp3) is 0.300. The molecule has 0 aliphatic rings. The number of hydrogen-bond donors (Lipinski definition) is 2. The molecule has 8 nitrogen and oxygen atoms in total. The van der Waals surface area contributed by atoms with Gasteiger partial charge in [0.05, 0.1) is 17.6 Å². The second-order valence-electron chi connectivity index (χ2n) is 6.46. The zero-order valence-electron chi connectivity index (χ0n) is 16.5. The van der Waals surface area contributed by atoms with Crippen LogP contribution in [0.3, 0.4) is 0 Å². The molecule has 9 heteroatoms. The van der Waals surface area contributed by atoms with Crippen LogP contribution in [-0.2, 0) is 26.0 Å². The summed E-state index contributed by atoms with van der Waals surface area (Å²) in [5.74, 6) is -0.502. The minimum Gasteiger partial charge on any atom is -0.497 e.